The maximum absolute atomic E-state index is 8.60. The van der Waals surface area contributed by atoms with Gasteiger partial charge in [-0.25, -0.2) is 4.98 Å². The standard InChI is InChI=1S/C11H13N5O2/c1-18-8-4-2-7(3-5-8)16-6-14-9(11(16)13)10(12)15-17/h2-6,17H,13H2,1H3,(H2,12,15). The van der Waals surface area contributed by atoms with Crippen LogP contribution >= 0.6 is 0 Å². The summed E-state index contributed by atoms with van der Waals surface area (Å²) in [6.07, 6.45) is 1.50. The molecule has 18 heavy (non-hydrogen) atoms. The monoisotopic (exact) mass is 247 g/mol. The number of oxime groups is 1. The number of nitrogens with two attached hydrogens (primary N) is 2. The molecule has 1 aromatic heterocycles. The summed E-state index contributed by atoms with van der Waals surface area (Å²) in [6.45, 7) is 0. The van der Waals surface area contributed by atoms with Crippen molar-refractivity contribution in [1.82, 2.24) is 9.55 Å². The Hall–Kier alpha value is -2.70. The molecule has 0 amide bonds. The van der Waals surface area contributed by atoms with E-state index in [2.05, 4.69) is 10.1 Å². The Morgan fingerprint density at radius 3 is 2.61 bits per heavy atom. The predicted octanol–water partition coefficient (Wildman–Crippen LogP) is 0.558. The summed E-state index contributed by atoms with van der Waals surface area (Å²) in [5.41, 5.74) is 12.4. The quantitative estimate of drug-likeness (QED) is 0.317. The SMILES string of the molecule is COc1ccc(-n2cnc(/C(N)=N/O)c2N)cc1. The molecule has 0 aliphatic rings. The zero-order valence-electron chi connectivity index (χ0n) is 9.74. The first-order valence-electron chi connectivity index (χ1n) is 5.12. The van der Waals surface area contributed by atoms with Crippen LogP contribution in [0.25, 0.3) is 5.69 Å². The average molecular weight is 247 g/mol. The second kappa shape index (κ2) is 4.66. The van der Waals surface area contributed by atoms with Crippen molar-refractivity contribution in [2.45, 2.75) is 0 Å². The molecule has 2 aromatic rings. The van der Waals surface area contributed by atoms with Gasteiger partial charge >= 0.3 is 0 Å². The van der Waals surface area contributed by atoms with E-state index in [0.29, 0.717) is 5.82 Å². The predicted molar refractivity (Wildman–Crippen MR) is 67.0 cm³/mol. The van der Waals surface area contributed by atoms with E-state index in [1.807, 2.05) is 12.1 Å². The molecule has 0 spiro atoms. The number of methoxy groups -OCH3 is 1. The number of aromatic nitrogens is 2. The Balaban J connectivity index is 2.42. The lowest BCUT2D eigenvalue weighted by Gasteiger charge is -2.06. The highest BCUT2D eigenvalue weighted by Crippen LogP contribution is 2.19. The third kappa shape index (κ3) is 1.93. The molecule has 0 saturated carbocycles. The molecule has 0 atom stereocenters. The van der Waals surface area contributed by atoms with Crippen molar-refractivity contribution in [2.75, 3.05) is 12.8 Å². The molecule has 0 fully saturated rings. The van der Waals surface area contributed by atoms with Crippen LogP contribution in [0.1, 0.15) is 5.69 Å². The molecule has 0 unspecified atom stereocenters. The zero-order chi connectivity index (χ0) is 13.1. The molecule has 0 saturated heterocycles. The van der Waals surface area contributed by atoms with E-state index in [4.69, 9.17) is 21.4 Å². The van der Waals surface area contributed by atoms with Crippen LogP contribution in [0.5, 0.6) is 5.75 Å². The van der Waals surface area contributed by atoms with Gasteiger partial charge in [-0.05, 0) is 24.3 Å². The molecule has 0 aliphatic heterocycles. The lowest BCUT2D eigenvalue weighted by atomic mass is 10.3. The van der Waals surface area contributed by atoms with Gasteiger partial charge in [-0.15, -0.1) is 0 Å². The number of hydrogen-bond donors (Lipinski definition) is 3. The number of anilines is 1. The smallest absolute Gasteiger partial charge is 0.192 e. The average Bonchev–Trinajstić information content (AvgIpc) is 2.80. The van der Waals surface area contributed by atoms with Crippen molar-refractivity contribution in [1.29, 1.82) is 0 Å². The number of nitrogens with zero attached hydrogens (tertiary/aromatic N) is 3. The summed E-state index contributed by atoms with van der Waals surface area (Å²) in [5, 5.41) is 11.5. The highest BCUT2D eigenvalue weighted by molar-refractivity contribution is 5.99. The molecule has 0 radical (unpaired) electrons. The van der Waals surface area contributed by atoms with Crippen LogP contribution in [-0.4, -0.2) is 27.7 Å². The van der Waals surface area contributed by atoms with Crippen LogP contribution < -0.4 is 16.2 Å². The molecule has 5 N–H and O–H groups in total. The summed E-state index contributed by atoms with van der Waals surface area (Å²) in [5.74, 6) is 0.921. The Morgan fingerprint density at radius 2 is 2.06 bits per heavy atom. The Morgan fingerprint density at radius 1 is 1.39 bits per heavy atom. The third-order valence-corrected chi connectivity index (χ3v) is 2.51. The highest BCUT2D eigenvalue weighted by atomic mass is 16.5. The molecule has 1 heterocycles. The molecule has 7 nitrogen and oxygen atoms in total. The minimum atomic E-state index is -0.125. The Labute approximate surface area is 103 Å². The second-order valence-electron chi connectivity index (χ2n) is 3.53. The van der Waals surface area contributed by atoms with E-state index in [1.54, 1.807) is 23.8 Å². The summed E-state index contributed by atoms with van der Waals surface area (Å²) in [6, 6.07) is 7.26. The number of imidazole rings is 1. The van der Waals surface area contributed by atoms with Gasteiger partial charge in [-0.2, -0.15) is 0 Å². The number of nitrogen functional groups attached to an aromatic ring is 1. The molecule has 0 bridgehead atoms. The van der Waals surface area contributed by atoms with Gasteiger partial charge in [0, 0.05) is 5.69 Å². The highest BCUT2D eigenvalue weighted by Gasteiger charge is 2.12. The zero-order valence-corrected chi connectivity index (χ0v) is 9.74. The van der Waals surface area contributed by atoms with Crippen molar-refractivity contribution in [3.63, 3.8) is 0 Å². The maximum atomic E-state index is 8.60. The number of amidine groups is 1. The topological polar surface area (TPSA) is 112 Å². The van der Waals surface area contributed by atoms with Gasteiger partial charge in [0.15, 0.2) is 11.5 Å². The van der Waals surface area contributed by atoms with Crippen LogP contribution in [0, 0.1) is 0 Å². The molecule has 94 valence electrons. The van der Waals surface area contributed by atoms with Crippen molar-refractivity contribution < 1.29 is 9.94 Å². The third-order valence-electron chi connectivity index (χ3n) is 2.51. The normalized spacial score (nSPS) is 11.5. The van der Waals surface area contributed by atoms with E-state index in [0.717, 1.165) is 11.4 Å². The van der Waals surface area contributed by atoms with Gasteiger partial charge in [0.1, 0.15) is 17.9 Å². The summed E-state index contributed by atoms with van der Waals surface area (Å²) < 4.78 is 6.70. The summed E-state index contributed by atoms with van der Waals surface area (Å²) in [7, 11) is 1.59. The molecule has 0 aliphatic carbocycles. The fourth-order valence-corrected chi connectivity index (χ4v) is 1.55. The van der Waals surface area contributed by atoms with E-state index in [1.165, 1.54) is 6.33 Å². The van der Waals surface area contributed by atoms with Crippen LogP contribution in [0.3, 0.4) is 0 Å². The first-order valence-corrected chi connectivity index (χ1v) is 5.12. The van der Waals surface area contributed by atoms with Gasteiger partial charge in [0.2, 0.25) is 0 Å². The fraction of sp³-hybridized carbons (Fsp3) is 0.0909. The van der Waals surface area contributed by atoms with Crippen LogP contribution in [0.4, 0.5) is 5.82 Å². The summed E-state index contributed by atoms with van der Waals surface area (Å²) >= 11 is 0. The molecule has 2 rings (SSSR count). The van der Waals surface area contributed by atoms with E-state index >= 15 is 0 Å². The molecule has 1 aromatic carbocycles. The van der Waals surface area contributed by atoms with Crippen LogP contribution in [0.2, 0.25) is 0 Å². The van der Waals surface area contributed by atoms with E-state index in [9.17, 15) is 0 Å². The van der Waals surface area contributed by atoms with E-state index in [-0.39, 0.29) is 11.5 Å². The number of hydrogen-bond acceptors (Lipinski definition) is 5. The lowest BCUT2D eigenvalue weighted by molar-refractivity contribution is 0.318. The van der Waals surface area contributed by atoms with E-state index < -0.39 is 0 Å². The Bertz CT molecular complexity index is 574. The second-order valence-corrected chi connectivity index (χ2v) is 3.53. The molecule has 7 heteroatoms. The van der Waals surface area contributed by atoms with Crippen LogP contribution in [0.15, 0.2) is 35.7 Å². The van der Waals surface area contributed by atoms with Crippen LogP contribution in [-0.2, 0) is 0 Å². The van der Waals surface area contributed by atoms with Gasteiger partial charge < -0.3 is 21.4 Å². The lowest BCUT2D eigenvalue weighted by Crippen LogP contribution is -2.16. The van der Waals surface area contributed by atoms with Crippen molar-refractivity contribution in [3.8, 4) is 11.4 Å². The van der Waals surface area contributed by atoms with Gasteiger partial charge in [0.05, 0.1) is 7.11 Å². The summed E-state index contributed by atoms with van der Waals surface area (Å²) in [4.78, 5) is 4.00. The number of rotatable bonds is 3. The van der Waals surface area contributed by atoms with Crippen molar-refractivity contribution >= 4 is 11.7 Å². The van der Waals surface area contributed by atoms with Gasteiger partial charge in [-0.1, -0.05) is 5.16 Å². The van der Waals surface area contributed by atoms with Gasteiger partial charge in [-0.3, -0.25) is 4.57 Å². The maximum Gasteiger partial charge on any atom is 0.192 e. The largest absolute Gasteiger partial charge is 0.497 e. The first-order chi connectivity index (χ1) is 8.67. The number of ether oxygens (including phenoxy) is 1. The van der Waals surface area contributed by atoms with Crippen molar-refractivity contribution in [3.05, 3.63) is 36.3 Å². The van der Waals surface area contributed by atoms with Crippen molar-refractivity contribution in [2.24, 2.45) is 10.9 Å². The Kier molecular flexibility index (Phi) is 3.05. The minimum Gasteiger partial charge on any atom is -0.497 e. The first kappa shape index (κ1) is 11.8. The van der Waals surface area contributed by atoms with Gasteiger partial charge in [0.25, 0.3) is 0 Å². The molecular weight excluding hydrogens is 234 g/mol. The number of benzene rings is 1. The fourth-order valence-electron chi connectivity index (χ4n) is 1.55. The molecular formula is C11H13N5O2. The minimum absolute atomic E-state index is 0.125.